The van der Waals surface area contributed by atoms with Gasteiger partial charge in [0.15, 0.2) is 5.82 Å². The highest BCUT2D eigenvalue weighted by atomic mass is 16.6. The Morgan fingerprint density at radius 2 is 1.40 bits per heavy atom. The number of nitrogens with zero attached hydrogens (tertiary/aromatic N) is 2. The molecule has 4 aromatic rings. The van der Waals surface area contributed by atoms with E-state index in [-0.39, 0.29) is 18.9 Å². The first-order valence-corrected chi connectivity index (χ1v) is 13.4. The molecule has 1 amide bonds. The van der Waals surface area contributed by atoms with E-state index in [0.717, 1.165) is 33.4 Å². The first kappa shape index (κ1) is 27.1. The Hall–Kier alpha value is -4.52. The number of aromatic nitrogens is 2. The Balaban J connectivity index is 1.29. The van der Waals surface area contributed by atoms with Gasteiger partial charge in [-0.25, -0.2) is 19.6 Å². The maximum Gasteiger partial charge on any atom is 0.407 e. The number of carbonyl (C=O) groups is 2. The van der Waals surface area contributed by atoms with E-state index in [2.05, 4.69) is 39.6 Å². The lowest BCUT2D eigenvalue weighted by Gasteiger charge is -2.24. The van der Waals surface area contributed by atoms with Gasteiger partial charge in [0, 0.05) is 30.3 Å². The normalized spacial score (nSPS) is 13.2. The van der Waals surface area contributed by atoms with Crippen LogP contribution >= 0.6 is 0 Å². The number of aryl methyl sites for hydroxylation is 1. The molecule has 0 spiro atoms. The maximum absolute atomic E-state index is 13.1. The minimum Gasteiger partial charge on any atom is -0.458 e. The molecule has 1 N–H and O–H groups in total. The Morgan fingerprint density at radius 3 is 1.98 bits per heavy atom. The number of ether oxygens (including phenoxy) is 2. The fraction of sp³-hybridized carbons (Fsp3) is 0.273. The minimum absolute atomic E-state index is 0.0829. The molecule has 0 radical (unpaired) electrons. The highest BCUT2D eigenvalue weighted by Crippen LogP contribution is 2.44. The zero-order chi connectivity index (χ0) is 28.3. The lowest BCUT2D eigenvalue weighted by atomic mass is 9.98. The van der Waals surface area contributed by atoms with E-state index in [4.69, 9.17) is 9.47 Å². The van der Waals surface area contributed by atoms with E-state index < -0.39 is 23.7 Å². The molecular formula is C33H33N3O4. The summed E-state index contributed by atoms with van der Waals surface area (Å²) >= 11 is 0. The Kier molecular flexibility index (Phi) is 7.65. The molecule has 1 aliphatic rings. The summed E-state index contributed by atoms with van der Waals surface area (Å²) in [6.07, 6.45) is 2.82. The second kappa shape index (κ2) is 11.3. The number of rotatable bonds is 7. The van der Waals surface area contributed by atoms with Crippen LogP contribution in [0.5, 0.6) is 0 Å². The molecule has 3 aromatic carbocycles. The van der Waals surface area contributed by atoms with Crippen LogP contribution in [0.15, 0.2) is 85.2 Å². The van der Waals surface area contributed by atoms with Crippen LogP contribution < -0.4 is 5.32 Å². The number of benzene rings is 3. The summed E-state index contributed by atoms with van der Waals surface area (Å²) in [4.78, 5) is 35.1. The molecule has 5 rings (SSSR count). The predicted octanol–water partition coefficient (Wildman–Crippen LogP) is 6.24. The standard InChI is InChI=1S/C33H33N3O4/c1-21-11-5-6-12-23(21)30-34-18-22(19-35-30)17-29(31(37)40-33(2,3)4)36-32(38)39-20-28-26-15-9-7-13-24(26)25-14-8-10-16-27(25)28/h5-16,18-19,28-29H,17,20H2,1-4H3,(H,36,38)/t29-/m1/s1. The van der Waals surface area contributed by atoms with Crippen LogP contribution in [0.25, 0.3) is 22.5 Å². The highest BCUT2D eigenvalue weighted by molar-refractivity contribution is 5.82. The van der Waals surface area contributed by atoms with Crippen molar-refractivity contribution in [1.82, 2.24) is 15.3 Å². The van der Waals surface area contributed by atoms with E-state index in [1.807, 2.05) is 55.5 Å². The van der Waals surface area contributed by atoms with Crippen molar-refractivity contribution >= 4 is 12.1 Å². The van der Waals surface area contributed by atoms with Crippen LogP contribution in [0, 0.1) is 6.92 Å². The van der Waals surface area contributed by atoms with Crippen molar-refractivity contribution in [2.45, 2.75) is 51.7 Å². The van der Waals surface area contributed by atoms with Gasteiger partial charge >= 0.3 is 12.1 Å². The zero-order valence-corrected chi connectivity index (χ0v) is 23.2. The smallest absolute Gasteiger partial charge is 0.407 e. The molecule has 40 heavy (non-hydrogen) atoms. The third kappa shape index (κ3) is 6.04. The molecular weight excluding hydrogens is 502 g/mol. The molecule has 7 nitrogen and oxygen atoms in total. The average Bonchev–Trinajstić information content (AvgIpc) is 3.25. The number of nitrogens with one attached hydrogen (secondary N) is 1. The molecule has 0 aliphatic heterocycles. The number of esters is 1. The van der Waals surface area contributed by atoms with E-state index >= 15 is 0 Å². The van der Waals surface area contributed by atoms with Crippen molar-refractivity contribution in [3.05, 3.63) is 107 Å². The summed E-state index contributed by atoms with van der Waals surface area (Å²) < 4.78 is 11.3. The van der Waals surface area contributed by atoms with Crippen LogP contribution in [-0.2, 0) is 20.7 Å². The van der Waals surface area contributed by atoms with Gasteiger partial charge in [-0.05, 0) is 61.1 Å². The number of hydrogen-bond acceptors (Lipinski definition) is 6. The molecule has 1 atom stereocenters. The van der Waals surface area contributed by atoms with E-state index in [9.17, 15) is 9.59 Å². The Labute approximate surface area is 234 Å². The average molecular weight is 536 g/mol. The third-order valence-electron chi connectivity index (χ3n) is 6.86. The lowest BCUT2D eigenvalue weighted by Crippen LogP contribution is -2.46. The van der Waals surface area contributed by atoms with Crippen molar-refractivity contribution < 1.29 is 19.1 Å². The lowest BCUT2D eigenvalue weighted by molar-refractivity contribution is -0.157. The summed E-state index contributed by atoms with van der Waals surface area (Å²) in [5.74, 6) is -0.0373. The molecule has 0 saturated carbocycles. The third-order valence-corrected chi connectivity index (χ3v) is 6.86. The van der Waals surface area contributed by atoms with E-state index in [0.29, 0.717) is 11.4 Å². The van der Waals surface area contributed by atoms with Crippen LogP contribution in [-0.4, -0.2) is 40.3 Å². The van der Waals surface area contributed by atoms with Gasteiger partial charge in [0.05, 0.1) is 0 Å². The number of amides is 1. The number of hydrogen-bond donors (Lipinski definition) is 1. The zero-order valence-electron chi connectivity index (χ0n) is 23.2. The fourth-order valence-corrected chi connectivity index (χ4v) is 5.01. The van der Waals surface area contributed by atoms with Gasteiger partial charge in [-0.15, -0.1) is 0 Å². The van der Waals surface area contributed by atoms with Gasteiger partial charge < -0.3 is 14.8 Å². The van der Waals surface area contributed by atoms with Gasteiger partial charge in [0.1, 0.15) is 18.2 Å². The van der Waals surface area contributed by atoms with Crippen LogP contribution in [0.4, 0.5) is 4.79 Å². The van der Waals surface area contributed by atoms with Crippen LogP contribution in [0.2, 0.25) is 0 Å². The van der Waals surface area contributed by atoms with Crippen molar-refractivity contribution in [2.24, 2.45) is 0 Å². The summed E-state index contributed by atoms with van der Waals surface area (Å²) in [5.41, 5.74) is 6.50. The molecule has 7 heteroatoms. The Bertz CT molecular complexity index is 1480. The SMILES string of the molecule is Cc1ccccc1-c1ncc(C[C@@H](NC(=O)OCC2c3ccccc3-c3ccccc32)C(=O)OC(C)(C)C)cn1. The van der Waals surface area contributed by atoms with Crippen molar-refractivity contribution in [1.29, 1.82) is 0 Å². The largest absolute Gasteiger partial charge is 0.458 e. The molecule has 204 valence electrons. The molecule has 0 bridgehead atoms. The molecule has 1 aromatic heterocycles. The minimum atomic E-state index is -0.970. The van der Waals surface area contributed by atoms with Gasteiger partial charge in [-0.3, -0.25) is 0 Å². The summed E-state index contributed by atoms with van der Waals surface area (Å²) in [6.45, 7) is 7.51. The monoisotopic (exact) mass is 535 g/mol. The molecule has 0 fully saturated rings. The molecule has 1 aliphatic carbocycles. The summed E-state index contributed by atoms with van der Waals surface area (Å²) in [7, 11) is 0. The molecule has 1 heterocycles. The summed E-state index contributed by atoms with van der Waals surface area (Å²) in [5, 5.41) is 2.72. The van der Waals surface area contributed by atoms with E-state index in [1.165, 1.54) is 0 Å². The topological polar surface area (TPSA) is 90.4 Å². The second-order valence-electron chi connectivity index (χ2n) is 11.0. The predicted molar refractivity (Wildman–Crippen MR) is 154 cm³/mol. The second-order valence-corrected chi connectivity index (χ2v) is 11.0. The molecule has 0 saturated heterocycles. The van der Waals surface area contributed by atoms with Crippen molar-refractivity contribution in [2.75, 3.05) is 6.61 Å². The number of fused-ring (bicyclic) bond motifs is 3. The molecule has 0 unspecified atom stereocenters. The van der Waals surface area contributed by atoms with Gasteiger partial charge in [0.25, 0.3) is 0 Å². The van der Waals surface area contributed by atoms with Gasteiger partial charge in [0.2, 0.25) is 0 Å². The van der Waals surface area contributed by atoms with Gasteiger partial charge in [-0.1, -0.05) is 72.8 Å². The highest BCUT2D eigenvalue weighted by Gasteiger charge is 2.31. The Morgan fingerprint density at radius 1 is 0.850 bits per heavy atom. The van der Waals surface area contributed by atoms with E-state index in [1.54, 1.807) is 33.2 Å². The van der Waals surface area contributed by atoms with Crippen LogP contribution in [0.1, 0.15) is 48.9 Å². The number of carbonyl (C=O) groups excluding carboxylic acids is 2. The van der Waals surface area contributed by atoms with Crippen molar-refractivity contribution in [3.8, 4) is 22.5 Å². The van der Waals surface area contributed by atoms with Gasteiger partial charge in [-0.2, -0.15) is 0 Å². The fourth-order valence-electron chi connectivity index (χ4n) is 5.01. The first-order chi connectivity index (χ1) is 19.2. The quantitative estimate of drug-likeness (QED) is 0.282. The maximum atomic E-state index is 13.1. The van der Waals surface area contributed by atoms with Crippen molar-refractivity contribution in [3.63, 3.8) is 0 Å². The number of alkyl carbamates (subject to hydrolysis) is 1. The first-order valence-electron chi connectivity index (χ1n) is 13.4. The summed E-state index contributed by atoms with van der Waals surface area (Å²) in [6, 6.07) is 23.2. The van der Waals surface area contributed by atoms with Crippen LogP contribution in [0.3, 0.4) is 0 Å².